The van der Waals surface area contributed by atoms with E-state index in [1.165, 1.54) is 0 Å². The van der Waals surface area contributed by atoms with Crippen LogP contribution >= 0.6 is 27.5 Å². The molecule has 0 saturated heterocycles. The largest absolute Gasteiger partial charge is 0.324 e. The number of rotatable bonds is 4. The normalized spacial score (nSPS) is 14.1. The molecule has 0 aromatic heterocycles. The Bertz CT molecular complexity index is 451. The Kier molecular flexibility index (Phi) is 5.63. The van der Waals surface area contributed by atoms with E-state index in [9.17, 15) is 4.79 Å². The summed E-state index contributed by atoms with van der Waals surface area (Å²) >= 11 is 9.43. The molecule has 3 N–H and O–H groups in total. The van der Waals surface area contributed by atoms with E-state index in [4.69, 9.17) is 17.3 Å². The van der Waals surface area contributed by atoms with Crippen LogP contribution < -0.4 is 11.1 Å². The highest BCUT2D eigenvalue weighted by Crippen LogP contribution is 2.29. The van der Waals surface area contributed by atoms with E-state index in [0.29, 0.717) is 10.7 Å². The molecule has 5 heteroatoms. The number of hydrogen-bond donors (Lipinski definition) is 2. The molecular formula is C13H18BrClN2O. The molecule has 100 valence electrons. The number of carbonyl (C=O) groups excluding carboxylic acids is 1. The molecule has 1 amide bonds. The molecule has 18 heavy (non-hydrogen) atoms. The van der Waals surface area contributed by atoms with Gasteiger partial charge in [0.15, 0.2) is 0 Å². The summed E-state index contributed by atoms with van der Waals surface area (Å²) in [7, 11) is 0. The third kappa shape index (κ3) is 3.70. The van der Waals surface area contributed by atoms with Crippen molar-refractivity contribution in [3.8, 4) is 0 Å². The van der Waals surface area contributed by atoms with Crippen molar-refractivity contribution in [1.82, 2.24) is 0 Å². The molecule has 0 unspecified atom stereocenters. The standard InChI is InChI=1S/C13H18BrClN2O/c1-4-7(2)12(16)13(18)17-11-6-10(15)8(3)5-9(11)14/h5-7,12H,4,16H2,1-3H3,(H,17,18)/t7-,12-/m0/s1. The highest BCUT2D eigenvalue weighted by atomic mass is 79.9. The van der Waals surface area contributed by atoms with Gasteiger partial charge in [0.2, 0.25) is 5.91 Å². The average molecular weight is 334 g/mol. The summed E-state index contributed by atoms with van der Waals surface area (Å²) in [6, 6.07) is 3.08. The van der Waals surface area contributed by atoms with Gasteiger partial charge in [-0.15, -0.1) is 0 Å². The van der Waals surface area contributed by atoms with Crippen LogP contribution in [0.2, 0.25) is 5.02 Å². The average Bonchev–Trinajstić information content (AvgIpc) is 2.33. The van der Waals surface area contributed by atoms with Gasteiger partial charge in [-0.2, -0.15) is 0 Å². The van der Waals surface area contributed by atoms with Gasteiger partial charge >= 0.3 is 0 Å². The van der Waals surface area contributed by atoms with Crippen molar-refractivity contribution in [3.05, 3.63) is 27.2 Å². The molecule has 0 aliphatic carbocycles. The number of benzene rings is 1. The first-order valence-electron chi connectivity index (χ1n) is 5.88. The zero-order chi connectivity index (χ0) is 13.9. The summed E-state index contributed by atoms with van der Waals surface area (Å²) in [5.41, 5.74) is 7.48. The molecule has 0 radical (unpaired) electrons. The minimum absolute atomic E-state index is 0.143. The lowest BCUT2D eigenvalue weighted by atomic mass is 9.99. The van der Waals surface area contributed by atoms with E-state index in [1.807, 2.05) is 26.8 Å². The van der Waals surface area contributed by atoms with Crippen molar-refractivity contribution < 1.29 is 4.79 Å². The van der Waals surface area contributed by atoms with E-state index in [-0.39, 0.29) is 11.8 Å². The van der Waals surface area contributed by atoms with Crippen LogP contribution in [0.4, 0.5) is 5.69 Å². The maximum Gasteiger partial charge on any atom is 0.241 e. The summed E-state index contributed by atoms with van der Waals surface area (Å²) in [4.78, 5) is 12.0. The highest BCUT2D eigenvalue weighted by molar-refractivity contribution is 9.10. The van der Waals surface area contributed by atoms with Crippen LogP contribution in [0.3, 0.4) is 0 Å². The third-order valence-corrected chi connectivity index (χ3v) is 4.13. The van der Waals surface area contributed by atoms with Gasteiger partial charge in [-0.1, -0.05) is 31.9 Å². The lowest BCUT2D eigenvalue weighted by Crippen LogP contribution is -2.40. The number of amides is 1. The van der Waals surface area contributed by atoms with Crippen LogP contribution in [-0.4, -0.2) is 11.9 Å². The molecule has 0 saturated carbocycles. The van der Waals surface area contributed by atoms with Crippen LogP contribution in [0.25, 0.3) is 0 Å². The number of halogens is 2. The number of aryl methyl sites for hydroxylation is 1. The summed E-state index contributed by atoms with van der Waals surface area (Å²) < 4.78 is 0.800. The van der Waals surface area contributed by atoms with E-state index in [0.717, 1.165) is 16.5 Å². The Morgan fingerprint density at radius 1 is 1.56 bits per heavy atom. The zero-order valence-corrected chi connectivity index (χ0v) is 13.1. The van der Waals surface area contributed by atoms with Crippen molar-refractivity contribution in [2.24, 2.45) is 11.7 Å². The summed E-state index contributed by atoms with van der Waals surface area (Å²) in [6.45, 7) is 5.88. The van der Waals surface area contributed by atoms with Gasteiger partial charge in [-0.3, -0.25) is 4.79 Å². The van der Waals surface area contributed by atoms with Crippen molar-refractivity contribution >= 4 is 39.1 Å². The van der Waals surface area contributed by atoms with Crippen molar-refractivity contribution in [1.29, 1.82) is 0 Å². The molecule has 0 aliphatic heterocycles. The quantitative estimate of drug-likeness (QED) is 0.882. The van der Waals surface area contributed by atoms with E-state index in [1.54, 1.807) is 6.07 Å². The minimum Gasteiger partial charge on any atom is -0.324 e. The molecule has 1 aromatic carbocycles. The first-order valence-corrected chi connectivity index (χ1v) is 7.06. The second kappa shape index (κ2) is 6.55. The van der Waals surface area contributed by atoms with Crippen molar-refractivity contribution in [2.75, 3.05) is 5.32 Å². The lowest BCUT2D eigenvalue weighted by Gasteiger charge is -2.18. The maximum atomic E-state index is 12.0. The van der Waals surface area contributed by atoms with Gasteiger partial charge in [0.1, 0.15) is 0 Å². The summed E-state index contributed by atoms with van der Waals surface area (Å²) in [6.07, 6.45) is 0.865. The topological polar surface area (TPSA) is 55.1 Å². The first kappa shape index (κ1) is 15.5. The Labute approximate surface area is 121 Å². The Morgan fingerprint density at radius 3 is 2.72 bits per heavy atom. The Balaban J connectivity index is 2.85. The Hall–Kier alpha value is -0.580. The molecule has 1 aromatic rings. The van der Waals surface area contributed by atoms with Crippen LogP contribution in [-0.2, 0) is 4.79 Å². The predicted molar refractivity (Wildman–Crippen MR) is 79.9 cm³/mol. The molecule has 1 rings (SSSR count). The number of nitrogens with two attached hydrogens (primary N) is 1. The second-order valence-electron chi connectivity index (χ2n) is 4.48. The molecule has 2 atom stereocenters. The number of nitrogens with one attached hydrogen (secondary N) is 1. The van der Waals surface area contributed by atoms with E-state index >= 15 is 0 Å². The van der Waals surface area contributed by atoms with Gasteiger partial charge in [0.05, 0.1) is 11.7 Å². The molecule has 0 aliphatic rings. The van der Waals surface area contributed by atoms with E-state index < -0.39 is 6.04 Å². The number of hydrogen-bond acceptors (Lipinski definition) is 2. The fraction of sp³-hybridized carbons (Fsp3) is 0.462. The van der Waals surface area contributed by atoms with Crippen LogP contribution in [0.1, 0.15) is 25.8 Å². The van der Waals surface area contributed by atoms with Gasteiger partial charge in [0.25, 0.3) is 0 Å². The summed E-state index contributed by atoms with van der Waals surface area (Å²) in [5.74, 6) is -0.0466. The fourth-order valence-corrected chi connectivity index (χ4v) is 2.19. The van der Waals surface area contributed by atoms with Crippen LogP contribution in [0, 0.1) is 12.8 Å². The molecule has 0 spiro atoms. The first-order chi connectivity index (χ1) is 8.36. The zero-order valence-electron chi connectivity index (χ0n) is 10.8. The summed E-state index contributed by atoms with van der Waals surface area (Å²) in [5, 5.41) is 3.41. The maximum absolute atomic E-state index is 12.0. The van der Waals surface area contributed by atoms with Gasteiger partial charge in [-0.05, 0) is 46.5 Å². The third-order valence-electron chi connectivity index (χ3n) is 3.07. The van der Waals surface area contributed by atoms with E-state index in [2.05, 4.69) is 21.2 Å². The number of carbonyl (C=O) groups is 1. The molecule has 0 fully saturated rings. The lowest BCUT2D eigenvalue weighted by molar-refractivity contribution is -0.118. The van der Waals surface area contributed by atoms with Crippen LogP contribution in [0.15, 0.2) is 16.6 Å². The SMILES string of the molecule is CC[C@H](C)[C@H](N)C(=O)Nc1cc(Cl)c(C)cc1Br. The van der Waals surface area contributed by atoms with Crippen molar-refractivity contribution in [2.45, 2.75) is 33.2 Å². The van der Waals surface area contributed by atoms with Gasteiger partial charge in [0, 0.05) is 9.50 Å². The van der Waals surface area contributed by atoms with Crippen molar-refractivity contribution in [3.63, 3.8) is 0 Å². The second-order valence-corrected chi connectivity index (χ2v) is 5.74. The molecular weight excluding hydrogens is 316 g/mol. The molecule has 0 bridgehead atoms. The molecule has 3 nitrogen and oxygen atoms in total. The predicted octanol–water partition coefficient (Wildman–Crippen LogP) is 3.72. The van der Waals surface area contributed by atoms with Gasteiger partial charge in [-0.25, -0.2) is 0 Å². The Morgan fingerprint density at radius 2 is 2.17 bits per heavy atom. The fourth-order valence-electron chi connectivity index (χ4n) is 1.47. The smallest absolute Gasteiger partial charge is 0.241 e. The minimum atomic E-state index is -0.512. The van der Waals surface area contributed by atoms with Crippen LogP contribution in [0.5, 0.6) is 0 Å². The monoisotopic (exact) mass is 332 g/mol. The highest BCUT2D eigenvalue weighted by Gasteiger charge is 2.20. The number of anilines is 1. The van der Waals surface area contributed by atoms with Gasteiger partial charge < -0.3 is 11.1 Å². The molecule has 0 heterocycles.